The van der Waals surface area contributed by atoms with Crippen LogP contribution in [-0.4, -0.2) is 11.9 Å². The van der Waals surface area contributed by atoms with Crippen LogP contribution in [0.3, 0.4) is 0 Å². The number of nitrogens with one attached hydrogen (secondary N) is 1. The second-order valence-corrected chi connectivity index (χ2v) is 3.35. The van der Waals surface area contributed by atoms with Crippen LogP contribution in [0.25, 0.3) is 0 Å². The Kier molecular flexibility index (Phi) is 1.68. The summed E-state index contributed by atoms with van der Waals surface area (Å²) in [7, 11) is 0. The lowest BCUT2D eigenvalue weighted by atomic mass is 9.84. The molecule has 1 N–H and O–H groups in total. The molecule has 0 radical (unpaired) electrons. The molecule has 1 amide bonds. The SMILES string of the molecule is O=C1NC2/C=C\CCCCC12. The molecule has 1 aliphatic carbocycles. The number of amides is 1. The van der Waals surface area contributed by atoms with E-state index in [9.17, 15) is 4.79 Å². The van der Waals surface area contributed by atoms with Gasteiger partial charge >= 0.3 is 0 Å². The molecule has 1 aliphatic heterocycles. The Labute approximate surface area is 66.7 Å². The van der Waals surface area contributed by atoms with Gasteiger partial charge in [-0.25, -0.2) is 0 Å². The molecule has 0 spiro atoms. The van der Waals surface area contributed by atoms with E-state index in [1.807, 2.05) is 0 Å². The Hall–Kier alpha value is -0.790. The van der Waals surface area contributed by atoms with Gasteiger partial charge in [-0.05, 0) is 19.3 Å². The van der Waals surface area contributed by atoms with E-state index in [1.165, 1.54) is 19.3 Å². The lowest BCUT2D eigenvalue weighted by molar-refractivity contribution is -0.133. The Morgan fingerprint density at radius 1 is 1.45 bits per heavy atom. The average Bonchev–Trinajstić information content (AvgIpc) is 1.96. The Balaban J connectivity index is 2.04. The molecule has 2 rings (SSSR count). The fourth-order valence-corrected chi connectivity index (χ4v) is 1.80. The Bertz CT molecular complexity index is 198. The molecule has 2 heteroatoms. The monoisotopic (exact) mass is 151 g/mol. The quantitative estimate of drug-likeness (QED) is 0.409. The molecule has 2 nitrogen and oxygen atoms in total. The normalized spacial score (nSPS) is 39.1. The summed E-state index contributed by atoms with van der Waals surface area (Å²) in [4.78, 5) is 11.0. The zero-order valence-corrected chi connectivity index (χ0v) is 6.55. The highest BCUT2D eigenvalue weighted by atomic mass is 16.2. The average molecular weight is 151 g/mol. The number of carbonyl (C=O) groups excluding carboxylic acids is 1. The number of hydrogen-bond donors (Lipinski definition) is 1. The highest BCUT2D eigenvalue weighted by Gasteiger charge is 2.36. The van der Waals surface area contributed by atoms with Crippen molar-refractivity contribution in [3.05, 3.63) is 12.2 Å². The summed E-state index contributed by atoms with van der Waals surface area (Å²) in [6.45, 7) is 0. The molecule has 1 heterocycles. The number of rotatable bonds is 0. The maximum Gasteiger partial charge on any atom is 0.226 e. The van der Waals surface area contributed by atoms with Crippen molar-refractivity contribution in [3.63, 3.8) is 0 Å². The number of β-lactam (4-membered cyclic amide) rings is 1. The Morgan fingerprint density at radius 3 is 3.18 bits per heavy atom. The first kappa shape index (κ1) is 6.89. The van der Waals surface area contributed by atoms with Gasteiger partial charge in [-0.2, -0.15) is 0 Å². The lowest BCUT2D eigenvalue weighted by Crippen LogP contribution is -2.57. The molecule has 1 fully saturated rings. The van der Waals surface area contributed by atoms with Crippen molar-refractivity contribution in [3.8, 4) is 0 Å². The molecule has 1 saturated heterocycles. The van der Waals surface area contributed by atoms with E-state index in [2.05, 4.69) is 17.5 Å². The van der Waals surface area contributed by atoms with Gasteiger partial charge in [0.25, 0.3) is 0 Å². The van der Waals surface area contributed by atoms with Gasteiger partial charge in [-0.15, -0.1) is 0 Å². The summed E-state index contributed by atoms with van der Waals surface area (Å²) in [6.07, 6.45) is 9.05. The van der Waals surface area contributed by atoms with E-state index in [0.29, 0.717) is 12.0 Å². The van der Waals surface area contributed by atoms with Crippen molar-refractivity contribution in [2.75, 3.05) is 0 Å². The standard InChI is InChI=1S/C9H13NO/c11-9-7-5-3-1-2-4-6-8(7)10-9/h4,6-8H,1-3,5H2,(H,10,11)/b6-4-. The maximum atomic E-state index is 11.0. The molecule has 0 aromatic rings. The highest BCUT2D eigenvalue weighted by molar-refractivity contribution is 5.86. The van der Waals surface area contributed by atoms with Crippen LogP contribution in [0, 0.1) is 5.92 Å². The number of fused-ring (bicyclic) bond motifs is 1. The molecule has 11 heavy (non-hydrogen) atoms. The molecule has 2 aliphatic rings. The molecule has 60 valence electrons. The van der Waals surface area contributed by atoms with Crippen molar-refractivity contribution >= 4 is 5.91 Å². The van der Waals surface area contributed by atoms with Gasteiger partial charge in [-0.3, -0.25) is 4.79 Å². The van der Waals surface area contributed by atoms with Gasteiger partial charge in [-0.1, -0.05) is 18.6 Å². The first-order chi connectivity index (χ1) is 5.38. The van der Waals surface area contributed by atoms with Crippen LogP contribution in [0.15, 0.2) is 12.2 Å². The zero-order valence-electron chi connectivity index (χ0n) is 6.55. The smallest absolute Gasteiger partial charge is 0.226 e. The number of hydrogen-bond acceptors (Lipinski definition) is 1. The summed E-state index contributed by atoms with van der Waals surface area (Å²) in [5.74, 6) is 0.549. The topological polar surface area (TPSA) is 29.1 Å². The van der Waals surface area contributed by atoms with Crippen LogP contribution in [-0.2, 0) is 4.79 Å². The molecule has 2 unspecified atom stereocenters. The van der Waals surface area contributed by atoms with E-state index in [-0.39, 0.29) is 5.91 Å². The van der Waals surface area contributed by atoms with Gasteiger partial charge in [0, 0.05) is 0 Å². The number of allylic oxidation sites excluding steroid dienone is 1. The van der Waals surface area contributed by atoms with Gasteiger partial charge in [0.15, 0.2) is 0 Å². The first-order valence-electron chi connectivity index (χ1n) is 4.35. The van der Waals surface area contributed by atoms with Gasteiger partial charge < -0.3 is 5.32 Å². The number of carbonyl (C=O) groups is 1. The lowest BCUT2D eigenvalue weighted by Gasteiger charge is -2.35. The van der Waals surface area contributed by atoms with Crippen molar-refractivity contribution in [2.24, 2.45) is 5.92 Å². The third-order valence-corrected chi connectivity index (χ3v) is 2.56. The zero-order chi connectivity index (χ0) is 7.68. The van der Waals surface area contributed by atoms with E-state index >= 15 is 0 Å². The largest absolute Gasteiger partial charge is 0.349 e. The molecular formula is C9H13NO. The summed E-state index contributed by atoms with van der Waals surface area (Å²) >= 11 is 0. The molecule has 0 aromatic heterocycles. The van der Waals surface area contributed by atoms with Crippen LogP contribution in [0.2, 0.25) is 0 Å². The van der Waals surface area contributed by atoms with E-state index in [1.54, 1.807) is 0 Å². The highest BCUT2D eigenvalue weighted by Crippen LogP contribution is 2.24. The van der Waals surface area contributed by atoms with Gasteiger partial charge in [0.2, 0.25) is 5.91 Å². The van der Waals surface area contributed by atoms with Gasteiger partial charge in [0.1, 0.15) is 0 Å². The first-order valence-corrected chi connectivity index (χ1v) is 4.35. The fraction of sp³-hybridized carbons (Fsp3) is 0.667. The van der Waals surface area contributed by atoms with E-state index < -0.39 is 0 Å². The second-order valence-electron chi connectivity index (χ2n) is 3.35. The Morgan fingerprint density at radius 2 is 2.36 bits per heavy atom. The summed E-state index contributed by atoms with van der Waals surface area (Å²) in [6, 6.07) is 0.364. The molecule has 0 aromatic carbocycles. The summed E-state index contributed by atoms with van der Waals surface area (Å²) in [5.41, 5.74) is 0. The maximum absolute atomic E-state index is 11.0. The summed E-state index contributed by atoms with van der Waals surface area (Å²) < 4.78 is 0. The van der Waals surface area contributed by atoms with E-state index in [4.69, 9.17) is 0 Å². The van der Waals surface area contributed by atoms with Crippen molar-refractivity contribution in [1.29, 1.82) is 0 Å². The van der Waals surface area contributed by atoms with Crippen LogP contribution < -0.4 is 5.32 Å². The second kappa shape index (κ2) is 2.68. The van der Waals surface area contributed by atoms with Crippen molar-refractivity contribution in [2.45, 2.75) is 31.7 Å². The minimum Gasteiger partial charge on any atom is -0.349 e. The molecule has 0 bridgehead atoms. The minimum atomic E-state index is 0.251. The fourth-order valence-electron chi connectivity index (χ4n) is 1.80. The summed E-state index contributed by atoms with van der Waals surface area (Å²) in [5, 5.41) is 2.89. The van der Waals surface area contributed by atoms with Crippen LogP contribution >= 0.6 is 0 Å². The molecular weight excluding hydrogens is 138 g/mol. The molecule has 0 saturated carbocycles. The minimum absolute atomic E-state index is 0.251. The third-order valence-electron chi connectivity index (χ3n) is 2.56. The van der Waals surface area contributed by atoms with Crippen LogP contribution in [0.1, 0.15) is 25.7 Å². The predicted molar refractivity (Wildman–Crippen MR) is 43.0 cm³/mol. The van der Waals surface area contributed by atoms with Crippen molar-refractivity contribution in [1.82, 2.24) is 5.32 Å². The molecule has 2 atom stereocenters. The predicted octanol–water partition coefficient (Wildman–Crippen LogP) is 1.23. The van der Waals surface area contributed by atoms with Gasteiger partial charge in [0.05, 0.1) is 12.0 Å². The third kappa shape index (κ3) is 1.17. The van der Waals surface area contributed by atoms with Crippen molar-refractivity contribution < 1.29 is 4.79 Å². The van der Waals surface area contributed by atoms with E-state index in [0.717, 1.165) is 6.42 Å². The van der Waals surface area contributed by atoms with Crippen LogP contribution in [0.5, 0.6) is 0 Å². The van der Waals surface area contributed by atoms with Crippen LogP contribution in [0.4, 0.5) is 0 Å².